The monoisotopic (exact) mass is 321 g/mol. The summed E-state index contributed by atoms with van der Waals surface area (Å²) in [5.74, 6) is -1.03. The smallest absolute Gasteiger partial charge is 0.264 e. The second-order valence-corrected chi connectivity index (χ2v) is 6.57. The van der Waals surface area contributed by atoms with Crippen molar-refractivity contribution in [3.63, 3.8) is 0 Å². The van der Waals surface area contributed by atoms with Crippen molar-refractivity contribution in [1.82, 2.24) is 0 Å². The van der Waals surface area contributed by atoms with E-state index in [0.717, 1.165) is 12.0 Å². The van der Waals surface area contributed by atoms with Gasteiger partial charge in [-0.1, -0.05) is 48.5 Å². The molecule has 4 rings (SSSR count). The quantitative estimate of drug-likeness (QED) is 0.946. The number of carbonyl (C=O) groups excluding carboxylic acids is 2. The topological polar surface area (TPSA) is 57.6 Å². The van der Waals surface area contributed by atoms with Crippen molar-refractivity contribution in [2.75, 3.05) is 4.90 Å². The number of benzene rings is 2. The van der Waals surface area contributed by atoms with Gasteiger partial charge in [-0.2, -0.15) is 0 Å². The van der Waals surface area contributed by atoms with Crippen LogP contribution < -0.4 is 4.90 Å². The van der Waals surface area contributed by atoms with Gasteiger partial charge in [-0.3, -0.25) is 9.59 Å². The van der Waals surface area contributed by atoms with E-state index in [2.05, 4.69) is 0 Å². The molecule has 4 heteroatoms. The molecule has 122 valence electrons. The first-order chi connectivity index (χ1) is 11.6. The lowest BCUT2D eigenvalue weighted by Gasteiger charge is -2.28. The molecule has 4 nitrogen and oxygen atoms in total. The maximum atomic E-state index is 13.1. The van der Waals surface area contributed by atoms with Gasteiger partial charge in [0, 0.05) is 12.0 Å². The zero-order chi connectivity index (χ0) is 16.7. The van der Waals surface area contributed by atoms with E-state index in [4.69, 9.17) is 0 Å². The summed E-state index contributed by atoms with van der Waals surface area (Å²) in [5, 5.41) is 11.3. The highest BCUT2D eigenvalue weighted by Crippen LogP contribution is 2.48. The van der Waals surface area contributed by atoms with E-state index in [-0.39, 0.29) is 11.7 Å². The van der Waals surface area contributed by atoms with Crippen LogP contribution in [0.2, 0.25) is 0 Å². The molecule has 0 aromatic heterocycles. The van der Waals surface area contributed by atoms with Gasteiger partial charge in [-0.15, -0.1) is 0 Å². The highest BCUT2D eigenvalue weighted by molar-refractivity contribution is 6.09. The third kappa shape index (κ3) is 2.10. The Labute approximate surface area is 140 Å². The highest BCUT2D eigenvalue weighted by atomic mass is 16.3. The fourth-order valence-corrected chi connectivity index (χ4v) is 3.98. The van der Waals surface area contributed by atoms with Crippen molar-refractivity contribution in [1.29, 1.82) is 0 Å². The van der Waals surface area contributed by atoms with Gasteiger partial charge in [0.25, 0.3) is 5.91 Å². The molecule has 1 N–H and O–H groups in total. The van der Waals surface area contributed by atoms with Gasteiger partial charge in [0.2, 0.25) is 0 Å². The average molecular weight is 321 g/mol. The minimum Gasteiger partial charge on any atom is -0.375 e. The van der Waals surface area contributed by atoms with Gasteiger partial charge in [0.1, 0.15) is 5.78 Å². The number of fused-ring (bicyclic) bond motifs is 1. The number of hydrogen-bond acceptors (Lipinski definition) is 3. The Bertz CT molecular complexity index is 802. The number of amides is 1. The summed E-state index contributed by atoms with van der Waals surface area (Å²) < 4.78 is 0. The van der Waals surface area contributed by atoms with Crippen LogP contribution in [0.15, 0.2) is 54.6 Å². The first-order valence-corrected chi connectivity index (χ1v) is 8.33. The van der Waals surface area contributed by atoms with Crippen molar-refractivity contribution in [2.24, 2.45) is 5.92 Å². The minimum absolute atomic E-state index is 0.0118. The standard InChI is InChI=1S/C20H19NO3/c22-18-12-6-10-16(18)20(24)15-9-4-5-11-17(15)21(19(20)23)13-14-7-2-1-3-8-14/h1-5,7-9,11,16,24H,6,10,12-13H2/t16-,20-/m0/s1. The Hall–Kier alpha value is -2.46. The summed E-state index contributed by atoms with van der Waals surface area (Å²) in [6, 6.07) is 17.0. The fourth-order valence-electron chi connectivity index (χ4n) is 3.98. The number of hydrogen-bond donors (Lipinski definition) is 1. The van der Waals surface area contributed by atoms with Crippen LogP contribution in [0.5, 0.6) is 0 Å². The largest absolute Gasteiger partial charge is 0.375 e. The summed E-state index contributed by atoms with van der Waals surface area (Å²) in [6.45, 7) is 0.389. The van der Waals surface area contributed by atoms with Gasteiger partial charge >= 0.3 is 0 Å². The molecule has 1 saturated carbocycles. The van der Waals surface area contributed by atoms with E-state index in [0.29, 0.717) is 30.6 Å². The van der Waals surface area contributed by atoms with Gasteiger partial charge in [-0.25, -0.2) is 0 Å². The average Bonchev–Trinajstić information content (AvgIpc) is 3.13. The first kappa shape index (κ1) is 15.1. The van der Waals surface area contributed by atoms with Crippen molar-refractivity contribution in [3.05, 3.63) is 65.7 Å². The van der Waals surface area contributed by atoms with Gasteiger partial charge in [-0.05, 0) is 24.5 Å². The Morgan fingerprint density at radius 1 is 1.04 bits per heavy atom. The molecule has 1 heterocycles. The van der Waals surface area contributed by atoms with Gasteiger partial charge in [0.15, 0.2) is 5.60 Å². The second kappa shape index (κ2) is 5.56. The molecule has 1 fully saturated rings. The van der Waals surface area contributed by atoms with Crippen molar-refractivity contribution >= 4 is 17.4 Å². The molecule has 2 aromatic carbocycles. The zero-order valence-corrected chi connectivity index (χ0v) is 13.3. The molecule has 1 amide bonds. The summed E-state index contributed by atoms with van der Waals surface area (Å²) in [4.78, 5) is 27.0. The van der Waals surface area contributed by atoms with Gasteiger partial charge < -0.3 is 10.0 Å². The third-order valence-electron chi connectivity index (χ3n) is 5.17. The number of anilines is 1. The van der Waals surface area contributed by atoms with E-state index in [1.54, 1.807) is 11.0 Å². The molecule has 2 aromatic rings. The Morgan fingerprint density at radius 2 is 1.75 bits per heavy atom. The van der Waals surface area contributed by atoms with Crippen molar-refractivity contribution in [3.8, 4) is 0 Å². The number of carbonyl (C=O) groups is 2. The van der Waals surface area contributed by atoms with Crippen molar-refractivity contribution < 1.29 is 14.7 Å². The number of rotatable bonds is 3. The van der Waals surface area contributed by atoms with Crippen LogP contribution in [-0.2, 0) is 21.7 Å². The first-order valence-electron chi connectivity index (χ1n) is 8.33. The van der Waals surface area contributed by atoms with E-state index >= 15 is 0 Å². The van der Waals surface area contributed by atoms with E-state index in [1.165, 1.54) is 0 Å². The van der Waals surface area contributed by atoms with Crippen LogP contribution in [0.25, 0.3) is 0 Å². The Kier molecular flexibility index (Phi) is 3.50. The third-order valence-corrected chi connectivity index (χ3v) is 5.17. The molecule has 24 heavy (non-hydrogen) atoms. The molecular weight excluding hydrogens is 302 g/mol. The molecular formula is C20H19NO3. The molecule has 0 radical (unpaired) electrons. The van der Waals surface area contributed by atoms with Crippen LogP contribution in [0.3, 0.4) is 0 Å². The normalized spacial score (nSPS) is 26.0. The number of aliphatic hydroxyl groups is 1. The Balaban J connectivity index is 1.78. The fraction of sp³-hybridized carbons (Fsp3) is 0.300. The molecule has 2 atom stereocenters. The molecule has 1 aliphatic heterocycles. The van der Waals surface area contributed by atoms with E-state index in [9.17, 15) is 14.7 Å². The van der Waals surface area contributed by atoms with E-state index in [1.807, 2.05) is 48.5 Å². The molecule has 0 unspecified atom stereocenters. The zero-order valence-electron chi connectivity index (χ0n) is 13.3. The Morgan fingerprint density at radius 3 is 2.46 bits per heavy atom. The lowest BCUT2D eigenvalue weighted by molar-refractivity contribution is -0.148. The number of para-hydroxylation sites is 1. The molecule has 0 bridgehead atoms. The van der Waals surface area contributed by atoms with Crippen LogP contribution in [0.1, 0.15) is 30.4 Å². The predicted molar refractivity (Wildman–Crippen MR) is 90.3 cm³/mol. The van der Waals surface area contributed by atoms with Crippen LogP contribution in [-0.4, -0.2) is 16.8 Å². The second-order valence-electron chi connectivity index (χ2n) is 6.57. The lowest BCUT2D eigenvalue weighted by Crippen LogP contribution is -2.46. The molecule has 2 aliphatic rings. The summed E-state index contributed by atoms with van der Waals surface area (Å²) in [7, 11) is 0. The summed E-state index contributed by atoms with van der Waals surface area (Å²) in [6.07, 6.45) is 1.75. The summed E-state index contributed by atoms with van der Waals surface area (Å²) in [5.41, 5.74) is 0.529. The highest BCUT2D eigenvalue weighted by Gasteiger charge is 2.57. The maximum Gasteiger partial charge on any atom is 0.264 e. The van der Waals surface area contributed by atoms with E-state index < -0.39 is 11.5 Å². The maximum absolute atomic E-state index is 13.1. The van der Waals surface area contributed by atoms with Crippen LogP contribution in [0, 0.1) is 5.92 Å². The van der Waals surface area contributed by atoms with Crippen LogP contribution in [0.4, 0.5) is 5.69 Å². The number of ketones is 1. The molecule has 0 spiro atoms. The minimum atomic E-state index is -1.72. The van der Waals surface area contributed by atoms with Crippen LogP contribution >= 0.6 is 0 Å². The number of Topliss-reactive ketones (excluding diaryl/α,β-unsaturated/α-hetero) is 1. The molecule has 1 aliphatic carbocycles. The number of nitrogens with zero attached hydrogens (tertiary/aromatic N) is 1. The summed E-state index contributed by atoms with van der Waals surface area (Å²) >= 11 is 0. The lowest BCUT2D eigenvalue weighted by atomic mass is 9.80. The van der Waals surface area contributed by atoms with Gasteiger partial charge in [0.05, 0.1) is 18.2 Å². The van der Waals surface area contributed by atoms with Crippen molar-refractivity contribution in [2.45, 2.75) is 31.4 Å². The predicted octanol–water partition coefficient (Wildman–Crippen LogP) is 2.79. The molecule has 0 saturated heterocycles. The SMILES string of the molecule is O=C1CCC[C@@H]1[C@]1(O)C(=O)N(Cc2ccccc2)c2ccccc21.